The first-order valence-electron chi connectivity index (χ1n) is 6.21. The number of anilines is 1. The molecule has 1 saturated heterocycles. The first-order chi connectivity index (χ1) is 9.08. The molecule has 0 aliphatic carbocycles. The van der Waals surface area contributed by atoms with Crippen LogP contribution in [0.15, 0.2) is 18.2 Å². The summed E-state index contributed by atoms with van der Waals surface area (Å²) < 4.78 is 0. The Labute approximate surface area is 116 Å². The smallest absolute Gasteiger partial charge is 0.248 e. The Morgan fingerprint density at radius 1 is 1.37 bits per heavy atom. The Kier molecular flexibility index (Phi) is 4.39. The van der Waals surface area contributed by atoms with Gasteiger partial charge in [-0.1, -0.05) is 18.0 Å². The van der Waals surface area contributed by atoms with Gasteiger partial charge in [-0.15, -0.1) is 0 Å². The number of carbonyl (C=O) groups excluding carboxylic acids is 2. The summed E-state index contributed by atoms with van der Waals surface area (Å²) in [6, 6.07) is 4.36. The third kappa shape index (κ3) is 3.45. The molecule has 2 amide bonds. The van der Waals surface area contributed by atoms with Crippen molar-refractivity contribution in [1.82, 2.24) is 5.32 Å². The van der Waals surface area contributed by atoms with Gasteiger partial charge in [0.25, 0.3) is 0 Å². The zero-order chi connectivity index (χ0) is 13.8. The fourth-order valence-electron chi connectivity index (χ4n) is 2.07. The third-order valence-electron chi connectivity index (χ3n) is 3.14. The standard InChI is InChI=1S/C13H16ClN3O2/c14-9-5-4-8(12(15)18)7-11(9)17-13(19)10-3-1-2-6-16-10/h4-5,7,10,16H,1-3,6H2,(H2,15,18)(H,17,19)/t10-/m0/s1. The maximum atomic E-state index is 12.1. The predicted octanol–water partition coefficient (Wildman–Crippen LogP) is 1.52. The van der Waals surface area contributed by atoms with Crippen molar-refractivity contribution in [3.05, 3.63) is 28.8 Å². The number of carbonyl (C=O) groups is 2. The molecule has 0 radical (unpaired) electrons. The van der Waals surface area contributed by atoms with E-state index in [0.717, 1.165) is 25.8 Å². The predicted molar refractivity (Wildman–Crippen MR) is 74.2 cm³/mol. The average molecular weight is 282 g/mol. The largest absolute Gasteiger partial charge is 0.366 e. The van der Waals surface area contributed by atoms with E-state index in [1.165, 1.54) is 12.1 Å². The molecular weight excluding hydrogens is 266 g/mol. The zero-order valence-corrected chi connectivity index (χ0v) is 11.2. The van der Waals surface area contributed by atoms with Crippen molar-refractivity contribution in [3.8, 4) is 0 Å². The molecule has 5 nitrogen and oxygen atoms in total. The molecule has 0 saturated carbocycles. The number of piperidine rings is 1. The molecule has 6 heteroatoms. The second-order valence-electron chi connectivity index (χ2n) is 4.55. The van der Waals surface area contributed by atoms with Crippen molar-refractivity contribution in [2.24, 2.45) is 5.73 Å². The van der Waals surface area contributed by atoms with Gasteiger partial charge in [0.15, 0.2) is 0 Å². The van der Waals surface area contributed by atoms with E-state index in [1.54, 1.807) is 6.07 Å². The average Bonchev–Trinajstić information content (AvgIpc) is 2.42. The molecule has 4 N–H and O–H groups in total. The van der Waals surface area contributed by atoms with Gasteiger partial charge in [-0.3, -0.25) is 9.59 Å². The lowest BCUT2D eigenvalue weighted by Crippen LogP contribution is -2.43. The quantitative estimate of drug-likeness (QED) is 0.785. The highest BCUT2D eigenvalue weighted by Gasteiger charge is 2.21. The molecule has 0 bridgehead atoms. The van der Waals surface area contributed by atoms with E-state index in [-0.39, 0.29) is 11.9 Å². The Hall–Kier alpha value is -1.59. The third-order valence-corrected chi connectivity index (χ3v) is 3.47. The Balaban J connectivity index is 2.11. The molecule has 0 spiro atoms. The summed E-state index contributed by atoms with van der Waals surface area (Å²) in [5.74, 6) is -0.689. The minimum atomic E-state index is -0.553. The lowest BCUT2D eigenvalue weighted by Gasteiger charge is -2.22. The second kappa shape index (κ2) is 6.04. The maximum absolute atomic E-state index is 12.1. The first-order valence-corrected chi connectivity index (χ1v) is 6.59. The number of hydrogen-bond donors (Lipinski definition) is 3. The van der Waals surface area contributed by atoms with E-state index < -0.39 is 5.91 Å². The van der Waals surface area contributed by atoms with Crippen LogP contribution in [0.25, 0.3) is 0 Å². The van der Waals surface area contributed by atoms with Crippen molar-refractivity contribution < 1.29 is 9.59 Å². The van der Waals surface area contributed by atoms with E-state index in [0.29, 0.717) is 16.3 Å². The fraction of sp³-hybridized carbons (Fsp3) is 0.385. The van der Waals surface area contributed by atoms with Crippen LogP contribution in [0, 0.1) is 0 Å². The highest BCUT2D eigenvalue weighted by atomic mass is 35.5. The van der Waals surface area contributed by atoms with E-state index in [2.05, 4.69) is 10.6 Å². The lowest BCUT2D eigenvalue weighted by molar-refractivity contribution is -0.118. The highest BCUT2D eigenvalue weighted by molar-refractivity contribution is 6.34. The van der Waals surface area contributed by atoms with Crippen LogP contribution < -0.4 is 16.4 Å². The van der Waals surface area contributed by atoms with Gasteiger partial charge in [0.2, 0.25) is 11.8 Å². The molecule has 1 aromatic rings. The van der Waals surface area contributed by atoms with Crippen LogP contribution in [0.5, 0.6) is 0 Å². The molecule has 0 aromatic heterocycles. The number of primary amides is 1. The number of hydrogen-bond acceptors (Lipinski definition) is 3. The molecule has 1 fully saturated rings. The van der Waals surface area contributed by atoms with E-state index >= 15 is 0 Å². The van der Waals surface area contributed by atoms with Crippen molar-refractivity contribution in [3.63, 3.8) is 0 Å². The summed E-state index contributed by atoms with van der Waals surface area (Å²) in [6.45, 7) is 0.840. The van der Waals surface area contributed by atoms with Crippen molar-refractivity contribution in [1.29, 1.82) is 0 Å². The summed E-state index contributed by atoms with van der Waals surface area (Å²) in [5, 5.41) is 6.27. The molecule has 0 unspecified atom stereocenters. The summed E-state index contributed by atoms with van der Waals surface area (Å²) in [4.78, 5) is 23.2. The topological polar surface area (TPSA) is 84.2 Å². The number of benzene rings is 1. The van der Waals surface area contributed by atoms with Gasteiger partial charge < -0.3 is 16.4 Å². The van der Waals surface area contributed by atoms with Crippen LogP contribution in [0.2, 0.25) is 5.02 Å². The van der Waals surface area contributed by atoms with Crippen LogP contribution in [0.3, 0.4) is 0 Å². The van der Waals surface area contributed by atoms with Crippen LogP contribution in [0.4, 0.5) is 5.69 Å². The van der Waals surface area contributed by atoms with Crippen LogP contribution in [0.1, 0.15) is 29.6 Å². The highest BCUT2D eigenvalue weighted by Crippen LogP contribution is 2.23. The van der Waals surface area contributed by atoms with Gasteiger partial charge in [-0.2, -0.15) is 0 Å². The van der Waals surface area contributed by atoms with Gasteiger partial charge >= 0.3 is 0 Å². The minimum Gasteiger partial charge on any atom is -0.366 e. The monoisotopic (exact) mass is 281 g/mol. The van der Waals surface area contributed by atoms with Gasteiger partial charge in [-0.25, -0.2) is 0 Å². The van der Waals surface area contributed by atoms with Crippen LogP contribution in [-0.2, 0) is 4.79 Å². The minimum absolute atomic E-state index is 0.136. The summed E-state index contributed by atoms with van der Waals surface area (Å²) in [7, 11) is 0. The zero-order valence-electron chi connectivity index (χ0n) is 10.4. The molecule has 1 aliphatic heterocycles. The SMILES string of the molecule is NC(=O)c1ccc(Cl)c(NC(=O)[C@@H]2CCCCN2)c1. The normalized spacial score (nSPS) is 18.9. The van der Waals surface area contributed by atoms with Gasteiger partial charge in [0.1, 0.15) is 0 Å². The number of rotatable bonds is 3. The molecule has 1 aliphatic rings. The van der Waals surface area contributed by atoms with E-state index in [9.17, 15) is 9.59 Å². The summed E-state index contributed by atoms with van der Waals surface area (Å²) in [6.07, 6.45) is 2.92. The van der Waals surface area contributed by atoms with Crippen molar-refractivity contribution in [2.45, 2.75) is 25.3 Å². The number of halogens is 1. The number of nitrogens with two attached hydrogens (primary N) is 1. The van der Waals surface area contributed by atoms with E-state index in [4.69, 9.17) is 17.3 Å². The summed E-state index contributed by atoms with van der Waals surface area (Å²) in [5.41, 5.74) is 5.93. The molecule has 1 heterocycles. The van der Waals surface area contributed by atoms with Crippen molar-refractivity contribution >= 4 is 29.1 Å². The molecule has 102 valence electrons. The van der Waals surface area contributed by atoms with Crippen LogP contribution in [-0.4, -0.2) is 24.4 Å². The maximum Gasteiger partial charge on any atom is 0.248 e. The number of amides is 2. The Morgan fingerprint density at radius 3 is 2.79 bits per heavy atom. The van der Waals surface area contributed by atoms with Gasteiger partial charge in [-0.05, 0) is 37.6 Å². The molecule has 19 heavy (non-hydrogen) atoms. The fourth-order valence-corrected chi connectivity index (χ4v) is 2.23. The van der Waals surface area contributed by atoms with Crippen molar-refractivity contribution in [2.75, 3.05) is 11.9 Å². The summed E-state index contributed by atoms with van der Waals surface area (Å²) >= 11 is 6.00. The van der Waals surface area contributed by atoms with Gasteiger partial charge in [0.05, 0.1) is 16.8 Å². The van der Waals surface area contributed by atoms with E-state index in [1.807, 2.05) is 0 Å². The van der Waals surface area contributed by atoms with Crippen LogP contribution >= 0.6 is 11.6 Å². The molecular formula is C13H16ClN3O2. The molecule has 1 aromatic carbocycles. The first kappa shape index (κ1) is 13.8. The number of nitrogens with one attached hydrogen (secondary N) is 2. The van der Waals surface area contributed by atoms with Gasteiger partial charge in [0, 0.05) is 5.56 Å². The molecule has 2 rings (SSSR count). The Bertz CT molecular complexity index is 499. The second-order valence-corrected chi connectivity index (χ2v) is 4.96. The Morgan fingerprint density at radius 2 is 2.16 bits per heavy atom. The molecule has 1 atom stereocenters. The lowest BCUT2D eigenvalue weighted by atomic mass is 10.0.